The summed E-state index contributed by atoms with van der Waals surface area (Å²) in [6.07, 6.45) is 1.70. The molecule has 1 aromatic heterocycles. The Balaban J connectivity index is 2.32. The highest BCUT2D eigenvalue weighted by molar-refractivity contribution is 5.53. The highest BCUT2D eigenvalue weighted by Crippen LogP contribution is 2.33. The van der Waals surface area contributed by atoms with Crippen molar-refractivity contribution in [2.24, 2.45) is 0 Å². The molecule has 4 nitrogen and oxygen atoms in total. The van der Waals surface area contributed by atoms with Gasteiger partial charge >= 0.3 is 0 Å². The molecule has 0 saturated carbocycles. The first-order chi connectivity index (χ1) is 8.19. The lowest BCUT2D eigenvalue weighted by molar-refractivity contribution is 0.379. The van der Waals surface area contributed by atoms with Gasteiger partial charge in [-0.2, -0.15) is 0 Å². The van der Waals surface area contributed by atoms with Crippen molar-refractivity contribution in [3.63, 3.8) is 0 Å². The number of ether oxygens (including phenoxy) is 2. The van der Waals surface area contributed by atoms with Gasteiger partial charge in [0.2, 0.25) is 0 Å². The standard InChI is InChI=1S/C13H14N2O2/c1-9-7-11(5-6-15-9)17-13-8-10(14)3-4-12(13)16-2/h3-8H,14H2,1-2H3. The van der Waals surface area contributed by atoms with E-state index >= 15 is 0 Å². The van der Waals surface area contributed by atoms with E-state index in [1.54, 1.807) is 37.6 Å². The van der Waals surface area contributed by atoms with Gasteiger partial charge in [0.1, 0.15) is 5.75 Å². The predicted molar refractivity (Wildman–Crippen MR) is 66.5 cm³/mol. The maximum Gasteiger partial charge on any atom is 0.171 e. The summed E-state index contributed by atoms with van der Waals surface area (Å²) in [5, 5.41) is 0. The number of aryl methyl sites for hydroxylation is 1. The van der Waals surface area contributed by atoms with E-state index < -0.39 is 0 Å². The van der Waals surface area contributed by atoms with Crippen LogP contribution in [0.5, 0.6) is 17.2 Å². The zero-order valence-electron chi connectivity index (χ0n) is 9.81. The van der Waals surface area contributed by atoms with E-state index in [2.05, 4.69) is 4.98 Å². The molecule has 0 radical (unpaired) electrons. The van der Waals surface area contributed by atoms with Gasteiger partial charge in [0.05, 0.1) is 7.11 Å². The molecule has 0 atom stereocenters. The van der Waals surface area contributed by atoms with Gasteiger partial charge in [0, 0.05) is 29.7 Å². The lowest BCUT2D eigenvalue weighted by atomic mass is 10.3. The first-order valence-electron chi connectivity index (χ1n) is 5.23. The average Bonchev–Trinajstić information content (AvgIpc) is 2.29. The van der Waals surface area contributed by atoms with Crippen LogP contribution in [0.15, 0.2) is 36.5 Å². The number of nitrogens with two attached hydrogens (primary N) is 1. The third-order valence-corrected chi connectivity index (χ3v) is 2.28. The molecule has 2 N–H and O–H groups in total. The number of nitrogen functional groups attached to an aromatic ring is 1. The van der Waals surface area contributed by atoms with E-state index in [0.717, 1.165) is 5.69 Å². The number of nitrogens with zero attached hydrogens (tertiary/aromatic N) is 1. The number of hydrogen-bond acceptors (Lipinski definition) is 4. The maximum atomic E-state index is 5.72. The third kappa shape index (κ3) is 2.66. The molecule has 2 rings (SSSR count). The zero-order chi connectivity index (χ0) is 12.3. The van der Waals surface area contributed by atoms with Crippen LogP contribution in [0.2, 0.25) is 0 Å². The van der Waals surface area contributed by atoms with Crippen LogP contribution in [0.3, 0.4) is 0 Å². The van der Waals surface area contributed by atoms with Gasteiger partial charge in [-0.15, -0.1) is 0 Å². The first kappa shape index (κ1) is 11.3. The van der Waals surface area contributed by atoms with Crippen LogP contribution in [-0.4, -0.2) is 12.1 Å². The van der Waals surface area contributed by atoms with E-state index in [0.29, 0.717) is 22.9 Å². The number of benzene rings is 1. The van der Waals surface area contributed by atoms with Gasteiger partial charge in [0.25, 0.3) is 0 Å². The van der Waals surface area contributed by atoms with Gasteiger partial charge in [-0.25, -0.2) is 0 Å². The lowest BCUT2D eigenvalue weighted by Gasteiger charge is -2.11. The summed E-state index contributed by atoms with van der Waals surface area (Å²) >= 11 is 0. The molecule has 88 valence electrons. The minimum atomic E-state index is 0.595. The van der Waals surface area contributed by atoms with Gasteiger partial charge < -0.3 is 15.2 Å². The Morgan fingerprint density at radius 2 is 1.94 bits per heavy atom. The van der Waals surface area contributed by atoms with Crippen LogP contribution in [-0.2, 0) is 0 Å². The summed E-state index contributed by atoms with van der Waals surface area (Å²) in [7, 11) is 1.59. The minimum absolute atomic E-state index is 0.595. The van der Waals surface area contributed by atoms with Crippen molar-refractivity contribution < 1.29 is 9.47 Å². The number of rotatable bonds is 3. The van der Waals surface area contributed by atoms with Gasteiger partial charge in [-0.05, 0) is 25.1 Å². The Hall–Kier alpha value is -2.23. The molecule has 4 heteroatoms. The molecule has 0 amide bonds. The Kier molecular flexibility index (Phi) is 3.14. The fraction of sp³-hybridized carbons (Fsp3) is 0.154. The second-order valence-electron chi connectivity index (χ2n) is 3.65. The van der Waals surface area contributed by atoms with Gasteiger partial charge in [0.15, 0.2) is 11.5 Å². The normalized spacial score (nSPS) is 10.0. The van der Waals surface area contributed by atoms with Crippen molar-refractivity contribution in [2.75, 3.05) is 12.8 Å². The quantitative estimate of drug-likeness (QED) is 0.824. The summed E-state index contributed by atoms with van der Waals surface area (Å²) in [5.74, 6) is 1.95. The monoisotopic (exact) mass is 230 g/mol. The van der Waals surface area contributed by atoms with Crippen molar-refractivity contribution in [1.29, 1.82) is 0 Å². The molecule has 0 aliphatic carbocycles. The number of hydrogen-bond donors (Lipinski definition) is 1. The highest BCUT2D eigenvalue weighted by Gasteiger charge is 2.06. The number of methoxy groups -OCH3 is 1. The fourth-order valence-corrected chi connectivity index (χ4v) is 1.48. The van der Waals surface area contributed by atoms with E-state index in [1.807, 2.05) is 13.0 Å². The summed E-state index contributed by atoms with van der Waals surface area (Å²) in [6.45, 7) is 1.91. The lowest BCUT2D eigenvalue weighted by Crippen LogP contribution is -1.93. The predicted octanol–water partition coefficient (Wildman–Crippen LogP) is 2.77. The molecular formula is C13H14N2O2. The highest BCUT2D eigenvalue weighted by atomic mass is 16.5. The molecule has 17 heavy (non-hydrogen) atoms. The van der Waals surface area contributed by atoms with E-state index in [4.69, 9.17) is 15.2 Å². The molecule has 0 aliphatic rings. The maximum absolute atomic E-state index is 5.72. The molecular weight excluding hydrogens is 216 g/mol. The number of pyridine rings is 1. The van der Waals surface area contributed by atoms with Crippen molar-refractivity contribution in [3.05, 3.63) is 42.2 Å². The summed E-state index contributed by atoms with van der Waals surface area (Å²) in [5.41, 5.74) is 7.24. The second-order valence-corrected chi connectivity index (χ2v) is 3.65. The van der Waals surface area contributed by atoms with Crippen molar-refractivity contribution >= 4 is 5.69 Å². The summed E-state index contributed by atoms with van der Waals surface area (Å²) < 4.78 is 10.9. The summed E-state index contributed by atoms with van der Waals surface area (Å²) in [4.78, 5) is 4.11. The van der Waals surface area contributed by atoms with E-state index in [1.165, 1.54) is 0 Å². The van der Waals surface area contributed by atoms with E-state index in [9.17, 15) is 0 Å². The smallest absolute Gasteiger partial charge is 0.171 e. The van der Waals surface area contributed by atoms with Crippen molar-refractivity contribution in [1.82, 2.24) is 4.98 Å². The fourth-order valence-electron chi connectivity index (χ4n) is 1.48. The van der Waals surface area contributed by atoms with Crippen LogP contribution in [0.25, 0.3) is 0 Å². The number of aromatic nitrogens is 1. The molecule has 0 fully saturated rings. The second kappa shape index (κ2) is 4.74. The van der Waals surface area contributed by atoms with Crippen molar-refractivity contribution in [2.45, 2.75) is 6.92 Å². The molecule has 0 unspecified atom stereocenters. The van der Waals surface area contributed by atoms with Crippen LogP contribution >= 0.6 is 0 Å². The van der Waals surface area contributed by atoms with E-state index in [-0.39, 0.29) is 0 Å². The van der Waals surface area contributed by atoms with Crippen LogP contribution in [0, 0.1) is 6.92 Å². The van der Waals surface area contributed by atoms with Gasteiger partial charge in [-0.1, -0.05) is 0 Å². The van der Waals surface area contributed by atoms with Crippen LogP contribution in [0.1, 0.15) is 5.69 Å². The Morgan fingerprint density at radius 1 is 1.12 bits per heavy atom. The Morgan fingerprint density at radius 3 is 2.65 bits per heavy atom. The first-order valence-corrected chi connectivity index (χ1v) is 5.23. The SMILES string of the molecule is COc1ccc(N)cc1Oc1ccnc(C)c1. The third-order valence-electron chi connectivity index (χ3n) is 2.28. The number of anilines is 1. The molecule has 0 spiro atoms. The molecule has 2 aromatic rings. The van der Waals surface area contributed by atoms with Crippen LogP contribution in [0.4, 0.5) is 5.69 Å². The van der Waals surface area contributed by atoms with Crippen LogP contribution < -0.4 is 15.2 Å². The van der Waals surface area contributed by atoms with Crippen molar-refractivity contribution in [3.8, 4) is 17.2 Å². The Bertz CT molecular complexity index is 527. The topological polar surface area (TPSA) is 57.4 Å². The largest absolute Gasteiger partial charge is 0.493 e. The molecule has 0 aliphatic heterocycles. The molecule has 0 saturated heterocycles. The summed E-state index contributed by atoms with van der Waals surface area (Å²) in [6, 6.07) is 8.91. The zero-order valence-corrected chi connectivity index (χ0v) is 9.81. The molecule has 0 bridgehead atoms. The molecule has 1 aromatic carbocycles. The molecule has 1 heterocycles. The van der Waals surface area contributed by atoms with Gasteiger partial charge in [-0.3, -0.25) is 4.98 Å². The minimum Gasteiger partial charge on any atom is -0.493 e. The average molecular weight is 230 g/mol. The Labute approximate surface area is 100 Å².